The van der Waals surface area contributed by atoms with E-state index in [0.29, 0.717) is 127 Å². The van der Waals surface area contributed by atoms with Gasteiger partial charge in [-0.15, -0.1) is 0 Å². The minimum atomic E-state index is 0.470. The maximum atomic E-state index is 5.85. The van der Waals surface area contributed by atoms with Crippen LogP contribution in [-0.2, 0) is 18.9 Å². The third kappa shape index (κ3) is 8.26. The zero-order chi connectivity index (χ0) is 47.8. The van der Waals surface area contributed by atoms with Gasteiger partial charge < -0.3 is 28.9 Å². The van der Waals surface area contributed by atoms with Crippen molar-refractivity contribution in [1.29, 1.82) is 0 Å². The van der Waals surface area contributed by atoms with E-state index in [1.165, 1.54) is 0 Å². The van der Waals surface area contributed by atoms with E-state index < -0.39 is 0 Å². The van der Waals surface area contributed by atoms with Crippen LogP contribution in [0.5, 0.6) is 0 Å². The van der Waals surface area contributed by atoms with Gasteiger partial charge in [-0.25, -0.2) is 39.9 Å². The van der Waals surface area contributed by atoms with Crippen molar-refractivity contribution >= 4 is 70.0 Å². The average Bonchev–Trinajstić information content (AvgIpc) is 4.27. The number of pyridine rings is 2. The molecule has 0 atom stereocenters. The van der Waals surface area contributed by atoms with Gasteiger partial charge in [-0.1, -0.05) is 84.3 Å². The normalized spacial score (nSPS) is 15.2. The molecule has 0 saturated carbocycles. The summed E-state index contributed by atoms with van der Waals surface area (Å²) in [4.78, 5) is 46.1. The summed E-state index contributed by atoms with van der Waals surface area (Å²) in [7, 11) is 0. The topological polar surface area (TPSA) is 169 Å². The monoisotopic (exact) mass is 940 g/mol. The molecule has 0 spiro atoms. The summed E-state index contributed by atoms with van der Waals surface area (Å²) >= 11 is 0. The van der Waals surface area contributed by atoms with Crippen LogP contribution in [0.25, 0.3) is 68.6 Å². The Hall–Kier alpha value is -9.66. The lowest BCUT2D eigenvalue weighted by atomic mass is 10.0. The minimum absolute atomic E-state index is 0.470. The van der Waals surface area contributed by atoms with E-state index in [1.807, 2.05) is 85.0 Å². The number of rotatable bonds is 6. The Kier molecular flexibility index (Phi) is 10.8. The first-order valence-electron chi connectivity index (χ1n) is 23.7. The molecule has 14 heteroatoms. The van der Waals surface area contributed by atoms with E-state index in [9.17, 15) is 0 Å². The molecule has 7 aromatic rings. The predicted octanol–water partition coefficient (Wildman–Crippen LogP) is 8.69. The summed E-state index contributed by atoms with van der Waals surface area (Å²) in [6.07, 6.45) is 8.09. The molecule has 0 amide bonds. The third-order valence-electron chi connectivity index (χ3n) is 12.4. The van der Waals surface area contributed by atoms with Gasteiger partial charge in [0, 0.05) is 33.3 Å². The minimum Gasteiger partial charge on any atom is -0.474 e. The zero-order valence-electron chi connectivity index (χ0n) is 38.6. The van der Waals surface area contributed by atoms with Crippen LogP contribution in [0.15, 0.2) is 129 Å². The highest BCUT2D eigenvalue weighted by Crippen LogP contribution is 2.34. The summed E-state index contributed by atoms with van der Waals surface area (Å²) in [5.41, 5.74) is 15.0. The number of nitrogens with zero attached hydrogens (tertiary/aromatic N) is 8. The molecule has 0 unspecified atom stereocenters. The summed E-state index contributed by atoms with van der Waals surface area (Å²) < 4.78 is 23.4. The fraction of sp³-hybridized carbons (Fsp3) is 0.138. The number of aromatic amines is 2. The van der Waals surface area contributed by atoms with Crippen LogP contribution in [0.3, 0.4) is 0 Å². The number of benzene rings is 2. The molecule has 0 radical (unpaired) electrons. The molecule has 14 nitrogen and oxygen atoms in total. The van der Waals surface area contributed by atoms with Gasteiger partial charge in [-0.2, -0.15) is 0 Å². The number of hydrogen-bond donors (Lipinski definition) is 2. The highest BCUT2D eigenvalue weighted by atomic mass is 16.5. The fourth-order valence-electron chi connectivity index (χ4n) is 9.16. The molecule has 5 aromatic heterocycles. The van der Waals surface area contributed by atoms with Crippen molar-refractivity contribution < 1.29 is 18.9 Å². The summed E-state index contributed by atoms with van der Waals surface area (Å²) in [6, 6.07) is 36.3. The Morgan fingerprint density at radius 3 is 1.10 bits per heavy atom. The lowest BCUT2D eigenvalue weighted by Crippen LogP contribution is -2.11. The van der Waals surface area contributed by atoms with E-state index in [4.69, 9.17) is 38.9 Å². The second kappa shape index (κ2) is 18.3. The van der Waals surface area contributed by atoms with Crippen LogP contribution >= 0.6 is 0 Å². The van der Waals surface area contributed by atoms with E-state index >= 15 is 0 Å². The predicted molar refractivity (Wildman–Crippen MR) is 280 cm³/mol. The Labute approximate surface area is 412 Å². The molecular weight excluding hydrogens is 901 g/mol. The van der Waals surface area contributed by atoms with Crippen molar-refractivity contribution in [2.75, 3.05) is 52.6 Å². The van der Waals surface area contributed by atoms with Gasteiger partial charge in [-0.05, 0) is 84.0 Å². The van der Waals surface area contributed by atoms with Gasteiger partial charge in [0.05, 0.1) is 71.1 Å². The summed E-state index contributed by atoms with van der Waals surface area (Å²) in [6.45, 7) is 4.24. The van der Waals surface area contributed by atoms with Crippen molar-refractivity contribution in [2.24, 2.45) is 20.0 Å². The first-order valence-corrected chi connectivity index (χ1v) is 23.7. The number of fused-ring (bicyclic) bond motifs is 8. The highest BCUT2D eigenvalue weighted by molar-refractivity contribution is 6.00. The number of nitrogens with one attached hydrogen (secondary N) is 2. The molecule has 8 bridgehead atoms. The number of aromatic nitrogens is 6. The van der Waals surface area contributed by atoms with E-state index in [0.717, 1.165) is 61.3 Å². The number of ether oxygens (including phenoxy) is 4. The lowest BCUT2D eigenvalue weighted by Gasteiger charge is -2.06. The van der Waals surface area contributed by atoms with Crippen molar-refractivity contribution in [3.05, 3.63) is 177 Å². The number of hydrogen-bond acceptors (Lipinski definition) is 12. The molecule has 0 fully saturated rings. The lowest BCUT2D eigenvalue weighted by molar-refractivity contribution is 0.345. The van der Waals surface area contributed by atoms with Crippen LogP contribution in [0.1, 0.15) is 67.8 Å². The largest absolute Gasteiger partial charge is 0.474 e. The SMILES string of the molecule is C(#Cc1c2nc(c(-c3ccccc3)c3ccc([nH]3)c(C#Cc3cc(C4=NCCO4)nc(C4=NCCO4)c3)c3ccc([nH]3)c(-c3ccccc3)c3nc1C=C3)C=C2)c1cc(C2=NCCO2)nc(C2=NCCO2)c1. The smallest absolute Gasteiger partial charge is 0.235 e. The molecule has 6 aliphatic heterocycles. The fourth-order valence-corrected chi connectivity index (χ4v) is 9.16. The van der Waals surface area contributed by atoms with Crippen molar-refractivity contribution in [2.45, 2.75) is 0 Å². The summed E-state index contributed by atoms with van der Waals surface area (Å²) in [5.74, 6) is 15.9. The Morgan fingerprint density at radius 2 is 0.722 bits per heavy atom. The molecule has 0 saturated heterocycles. The third-order valence-corrected chi connectivity index (χ3v) is 12.4. The molecule has 2 aromatic carbocycles. The Morgan fingerprint density at radius 1 is 0.361 bits per heavy atom. The van der Waals surface area contributed by atoms with E-state index in [2.05, 4.69) is 102 Å². The molecule has 346 valence electrons. The van der Waals surface area contributed by atoms with Gasteiger partial charge in [-0.3, -0.25) is 0 Å². The van der Waals surface area contributed by atoms with Crippen molar-refractivity contribution in [3.63, 3.8) is 0 Å². The van der Waals surface area contributed by atoms with Crippen LogP contribution in [-0.4, -0.2) is 106 Å². The first-order chi connectivity index (χ1) is 35.6. The van der Waals surface area contributed by atoms with Gasteiger partial charge in [0.25, 0.3) is 0 Å². The zero-order valence-corrected chi connectivity index (χ0v) is 38.6. The second-order valence-electron chi connectivity index (χ2n) is 17.1. The molecular formula is C58H40N10O4. The standard InChI is InChI=1S/C58H40N10O4/c1-3-7-37(8-4-1)53-45-19-15-41(63-45)39(13-11-35-31-49(55-59-23-27-69-55)67-50(32-35)56-60-24-28-70-56)43-17-21-47(65-43)54(38-9-5-2-6-10-38)48-22-18-44(66-48)40(42-16-20-46(53)64-42)14-12-36-33-51(57-61-25-29-71-57)68-52(34-36)58-62-26-30-72-58/h1-10,15-22,31-34,63,65H,23-30H2. The molecule has 13 rings (SSSR count). The van der Waals surface area contributed by atoms with Crippen molar-refractivity contribution in [3.8, 4) is 45.9 Å². The molecule has 72 heavy (non-hydrogen) atoms. The van der Waals surface area contributed by atoms with E-state index in [-0.39, 0.29) is 0 Å². The quantitative estimate of drug-likeness (QED) is 0.156. The van der Waals surface area contributed by atoms with E-state index in [1.54, 1.807) is 0 Å². The van der Waals surface area contributed by atoms with Crippen LogP contribution < -0.4 is 0 Å². The average molecular weight is 941 g/mol. The summed E-state index contributed by atoms with van der Waals surface area (Å²) in [5, 5.41) is 0. The molecule has 11 heterocycles. The van der Waals surface area contributed by atoms with Crippen LogP contribution in [0.2, 0.25) is 0 Å². The maximum Gasteiger partial charge on any atom is 0.235 e. The van der Waals surface area contributed by atoms with Gasteiger partial charge in [0.1, 0.15) is 49.2 Å². The molecule has 2 N–H and O–H groups in total. The van der Waals surface area contributed by atoms with Gasteiger partial charge in [0.2, 0.25) is 23.6 Å². The maximum absolute atomic E-state index is 5.85. The Balaban J connectivity index is 1.06. The molecule has 6 aliphatic rings. The van der Waals surface area contributed by atoms with Gasteiger partial charge >= 0.3 is 0 Å². The number of H-pyrrole nitrogens is 2. The van der Waals surface area contributed by atoms with Crippen molar-refractivity contribution in [1.82, 2.24) is 29.9 Å². The molecule has 0 aliphatic carbocycles. The first kappa shape index (κ1) is 42.4. The second-order valence-corrected chi connectivity index (χ2v) is 17.1. The number of aliphatic imine (C=N–C) groups is 4. The van der Waals surface area contributed by atoms with Crippen LogP contribution in [0.4, 0.5) is 0 Å². The highest BCUT2D eigenvalue weighted by Gasteiger charge is 2.22. The van der Waals surface area contributed by atoms with Crippen LogP contribution in [0, 0.1) is 23.7 Å². The van der Waals surface area contributed by atoms with Gasteiger partial charge in [0.15, 0.2) is 0 Å². The Bertz CT molecular complexity index is 3670.